The molecule has 2 bridgehead atoms. The fourth-order valence-corrected chi connectivity index (χ4v) is 3.99. The van der Waals surface area contributed by atoms with Gasteiger partial charge in [0.25, 0.3) is 0 Å². The van der Waals surface area contributed by atoms with E-state index in [2.05, 4.69) is 12.2 Å². The molecular formula is C24H24O3. The third-order valence-electron chi connectivity index (χ3n) is 5.56. The maximum absolute atomic E-state index is 12.3. The number of rotatable bonds is 7. The molecule has 0 amide bonds. The Morgan fingerprint density at radius 3 is 2.37 bits per heavy atom. The Balaban J connectivity index is 1.31. The van der Waals surface area contributed by atoms with E-state index in [1.165, 1.54) is 12.8 Å². The number of hydrogen-bond acceptors (Lipinski definition) is 3. The minimum atomic E-state index is -0.0180. The van der Waals surface area contributed by atoms with Gasteiger partial charge in [-0.3, -0.25) is 4.79 Å². The Morgan fingerprint density at radius 2 is 1.74 bits per heavy atom. The summed E-state index contributed by atoms with van der Waals surface area (Å²) in [5.41, 5.74) is 1.62. The zero-order valence-corrected chi connectivity index (χ0v) is 15.5. The predicted octanol–water partition coefficient (Wildman–Crippen LogP) is 5.18. The van der Waals surface area contributed by atoms with Crippen LogP contribution in [-0.4, -0.2) is 19.5 Å². The average Bonchev–Trinajstić information content (AvgIpc) is 3.34. The largest absolute Gasteiger partial charge is 0.497 e. The molecule has 3 atom stereocenters. The van der Waals surface area contributed by atoms with Crippen LogP contribution in [0.4, 0.5) is 0 Å². The Morgan fingerprint density at radius 1 is 1.00 bits per heavy atom. The quantitative estimate of drug-likeness (QED) is 0.388. The van der Waals surface area contributed by atoms with Crippen molar-refractivity contribution in [1.29, 1.82) is 0 Å². The summed E-state index contributed by atoms with van der Waals surface area (Å²) in [6.07, 6.45) is 10.6. The van der Waals surface area contributed by atoms with E-state index in [-0.39, 0.29) is 5.78 Å². The smallest absolute Gasteiger partial charge is 0.185 e. The third kappa shape index (κ3) is 4.13. The number of methoxy groups -OCH3 is 1. The second-order valence-corrected chi connectivity index (χ2v) is 7.35. The van der Waals surface area contributed by atoms with Gasteiger partial charge in [-0.05, 0) is 78.6 Å². The molecule has 2 aromatic carbocycles. The molecule has 2 aliphatic carbocycles. The molecule has 0 radical (unpaired) electrons. The van der Waals surface area contributed by atoms with Crippen molar-refractivity contribution in [2.24, 2.45) is 17.8 Å². The third-order valence-corrected chi connectivity index (χ3v) is 5.56. The second-order valence-electron chi connectivity index (χ2n) is 7.35. The normalized spacial score (nSPS) is 23.1. The molecule has 1 fully saturated rings. The Kier molecular flexibility index (Phi) is 5.10. The zero-order valence-electron chi connectivity index (χ0n) is 15.5. The van der Waals surface area contributed by atoms with Crippen LogP contribution in [0, 0.1) is 17.8 Å². The Labute approximate surface area is 160 Å². The second kappa shape index (κ2) is 7.83. The minimum absolute atomic E-state index is 0.0180. The topological polar surface area (TPSA) is 35.5 Å². The highest BCUT2D eigenvalue weighted by Crippen LogP contribution is 2.43. The van der Waals surface area contributed by atoms with E-state index in [0.717, 1.165) is 29.6 Å². The van der Waals surface area contributed by atoms with E-state index in [1.807, 2.05) is 54.6 Å². The molecule has 3 heteroatoms. The number of fused-ring (bicyclic) bond motifs is 2. The van der Waals surface area contributed by atoms with Crippen LogP contribution < -0.4 is 9.47 Å². The summed E-state index contributed by atoms with van der Waals surface area (Å²) in [5, 5.41) is 0. The molecule has 27 heavy (non-hydrogen) atoms. The van der Waals surface area contributed by atoms with E-state index in [4.69, 9.17) is 9.47 Å². The number of benzene rings is 2. The molecule has 0 heterocycles. The summed E-state index contributed by atoms with van der Waals surface area (Å²) in [7, 11) is 1.64. The maximum atomic E-state index is 12.3. The molecule has 0 aliphatic heterocycles. The van der Waals surface area contributed by atoms with Crippen molar-refractivity contribution in [2.45, 2.75) is 12.8 Å². The number of allylic oxidation sites excluding steroid dienone is 3. The van der Waals surface area contributed by atoms with Gasteiger partial charge in [0.05, 0.1) is 13.7 Å². The van der Waals surface area contributed by atoms with Gasteiger partial charge in [0, 0.05) is 5.56 Å². The minimum Gasteiger partial charge on any atom is -0.497 e. The van der Waals surface area contributed by atoms with Crippen LogP contribution in [0.15, 0.2) is 66.8 Å². The van der Waals surface area contributed by atoms with Crippen molar-refractivity contribution in [3.8, 4) is 11.5 Å². The summed E-state index contributed by atoms with van der Waals surface area (Å²) >= 11 is 0. The molecule has 0 aromatic heterocycles. The van der Waals surface area contributed by atoms with Crippen molar-refractivity contribution in [1.82, 2.24) is 0 Å². The molecule has 3 unspecified atom stereocenters. The molecule has 0 N–H and O–H groups in total. The van der Waals surface area contributed by atoms with Crippen LogP contribution in [0.2, 0.25) is 0 Å². The van der Waals surface area contributed by atoms with Gasteiger partial charge in [0.1, 0.15) is 11.5 Å². The fourth-order valence-electron chi connectivity index (χ4n) is 3.99. The predicted molar refractivity (Wildman–Crippen MR) is 107 cm³/mol. The van der Waals surface area contributed by atoms with Gasteiger partial charge in [-0.2, -0.15) is 0 Å². The molecule has 0 spiro atoms. The highest BCUT2D eigenvalue weighted by molar-refractivity contribution is 6.06. The summed E-state index contributed by atoms with van der Waals surface area (Å²) in [4.78, 5) is 12.3. The van der Waals surface area contributed by atoms with Gasteiger partial charge >= 0.3 is 0 Å². The van der Waals surface area contributed by atoms with Crippen molar-refractivity contribution in [3.05, 3.63) is 77.9 Å². The molecule has 2 aromatic rings. The molecule has 0 saturated heterocycles. The van der Waals surface area contributed by atoms with E-state index in [0.29, 0.717) is 17.4 Å². The summed E-state index contributed by atoms with van der Waals surface area (Å²) in [5.74, 6) is 3.71. The van der Waals surface area contributed by atoms with E-state index in [9.17, 15) is 4.79 Å². The highest BCUT2D eigenvalue weighted by atomic mass is 16.5. The van der Waals surface area contributed by atoms with Crippen LogP contribution in [0.3, 0.4) is 0 Å². The molecule has 138 valence electrons. The summed E-state index contributed by atoms with van der Waals surface area (Å²) < 4.78 is 11.1. The maximum Gasteiger partial charge on any atom is 0.185 e. The van der Waals surface area contributed by atoms with Gasteiger partial charge in [-0.25, -0.2) is 0 Å². The van der Waals surface area contributed by atoms with E-state index >= 15 is 0 Å². The first-order chi connectivity index (χ1) is 13.2. The van der Waals surface area contributed by atoms with Gasteiger partial charge in [0.2, 0.25) is 0 Å². The van der Waals surface area contributed by atoms with Gasteiger partial charge in [0.15, 0.2) is 5.78 Å². The van der Waals surface area contributed by atoms with Crippen LogP contribution in [-0.2, 0) is 0 Å². The standard InChI is InChI=1S/C24H24O3/c1-26-22-9-3-17(4-10-22)5-13-24(25)19-7-11-23(12-8-19)27-16-21-15-18-2-6-20(21)14-18/h2-13,18,20-21H,14-16H2,1H3. The van der Waals surface area contributed by atoms with Crippen molar-refractivity contribution >= 4 is 11.9 Å². The van der Waals surface area contributed by atoms with Crippen molar-refractivity contribution in [3.63, 3.8) is 0 Å². The lowest BCUT2D eigenvalue weighted by Gasteiger charge is -2.18. The van der Waals surface area contributed by atoms with Gasteiger partial charge < -0.3 is 9.47 Å². The van der Waals surface area contributed by atoms with Gasteiger partial charge in [-0.1, -0.05) is 30.4 Å². The van der Waals surface area contributed by atoms with Gasteiger partial charge in [-0.15, -0.1) is 0 Å². The SMILES string of the molecule is COc1ccc(C=CC(=O)c2ccc(OCC3CC4C=CC3C4)cc2)cc1. The number of carbonyl (C=O) groups excluding carboxylic acids is 1. The Bertz CT molecular complexity index is 846. The summed E-state index contributed by atoms with van der Waals surface area (Å²) in [6.45, 7) is 0.760. The molecule has 1 saturated carbocycles. The number of ketones is 1. The highest BCUT2D eigenvalue weighted by Gasteiger charge is 2.35. The number of carbonyl (C=O) groups is 1. The first kappa shape index (κ1) is 17.6. The molecule has 3 nitrogen and oxygen atoms in total. The van der Waals surface area contributed by atoms with Crippen molar-refractivity contribution in [2.75, 3.05) is 13.7 Å². The monoisotopic (exact) mass is 360 g/mol. The number of hydrogen-bond donors (Lipinski definition) is 0. The Hall–Kier alpha value is -2.81. The van der Waals surface area contributed by atoms with E-state index in [1.54, 1.807) is 13.2 Å². The average molecular weight is 360 g/mol. The lowest BCUT2D eigenvalue weighted by Crippen LogP contribution is -2.16. The number of ether oxygens (including phenoxy) is 2. The molecule has 2 aliphatic rings. The fraction of sp³-hybridized carbons (Fsp3) is 0.292. The zero-order chi connectivity index (χ0) is 18.6. The first-order valence-corrected chi connectivity index (χ1v) is 9.49. The van der Waals surface area contributed by atoms with Crippen LogP contribution in [0.1, 0.15) is 28.8 Å². The van der Waals surface area contributed by atoms with Crippen molar-refractivity contribution < 1.29 is 14.3 Å². The van der Waals surface area contributed by atoms with Crippen LogP contribution in [0.25, 0.3) is 6.08 Å². The molecule has 4 rings (SSSR count). The van der Waals surface area contributed by atoms with Crippen LogP contribution >= 0.6 is 0 Å². The molecular weight excluding hydrogens is 336 g/mol. The lowest BCUT2D eigenvalue weighted by atomic mass is 9.95. The summed E-state index contributed by atoms with van der Waals surface area (Å²) in [6, 6.07) is 15.0. The first-order valence-electron chi connectivity index (χ1n) is 9.49. The lowest BCUT2D eigenvalue weighted by molar-refractivity contribution is 0.104. The van der Waals surface area contributed by atoms with E-state index < -0.39 is 0 Å². The van der Waals surface area contributed by atoms with Crippen LogP contribution in [0.5, 0.6) is 11.5 Å².